The molecule has 0 bridgehead atoms. The number of rotatable bonds is 7. The van der Waals surface area contributed by atoms with Gasteiger partial charge < -0.3 is 4.90 Å². The number of carbonyl (C=O) groups is 1. The van der Waals surface area contributed by atoms with E-state index in [0.29, 0.717) is 19.0 Å². The fourth-order valence-electron chi connectivity index (χ4n) is 2.74. The largest absolute Gasteiger partial charge is 0.316 e. The fourth-order valence-corrected chi connectivity index (χ4v) is 2.74. The summed E-state index contributed by atoms with van der Waals surface area (Å²) < 4.78 is 1.81. The van der Waals surface area contributed by atoms with Crippen LogP contribution in [0.15, 0.2) is 12.7 Å². The van der Waals surface area contributed by atoms with Gasteiger partial charge in [-0.3, -0.25) is 14.4 Å². The number of carbonyl (C=O) groups excluding carboxylic acids is 1. The molecule has 116 valence electrons. The monoisotopic (exact) mass is 301 g/mol. The lowest BCUT2D eigenvalue weighted by Gasteiger charge is -2.25. The van der Waals surface area contributed by atoms with Crippen molar-refractivity contribution in [2.75, 3.05) is 26.2 Å². The lowest BCUT2D eigenvalue weighted by molar-refractivity contribution is -0.130. The second-order valence-corrected chi connectivity index (χ2v) is 5.27. The SMILES string of the molecule is N#CCN(CC#N)C(=O)CCN1CCC[C@H]1Cn1cncn1. The second kappa shape index (κ2) is 8.11. The highest BCUT2D eigenvalue weighted by molar-refractivity contribution is 5.76. The summed E-state index contributed by atoms with van der Waals surface area (Å²) in [6, 6.07) is 4.20. The third kappa shape index (κ3) is 4.27. The molecule has 2 rings (SSSR count). The molecule has 0 radical (unpaired) electrons. The molecule has 8 nitrogen and oxygen atoms in total. The Labute approximate surface area is 129 Å². The van der Waals surface area contributed by atoms with Gasteiger partial charge in [0.05, 0.1) is 18.7 Å². The molecular formula is C14H19N7O. The highest BCUT2D eigenvalue weighted by Gasteiger charge is 2.26. The van der Waals surface area contributed by atoms with E-state index in [1.807, 2.05) is 16.8 Å². The Hall–Kier alpha value is -2.45. The molecule has 0 saturated carbocycles. The van der Waals surface area contributed by atoms with Gasteiger partial charge in [0.1, 0.15) is 25.7 Å². The van der Waals surface area contributed by atoms with E-state index in [2.05, 4.69) is 15.0 Å². The third-order valence-electron chi connectivity index (χ3n) is 3.85. The average molecular weight is 301 g/mol. The van der Waals surface area contributed by atoms with Gasteiger partial charge in [-0.1, -0.05) is 0 Å². The summed E-state index contributed by atoms with van der Waals surface area (Å²) in [6.45, 7) is 2.31. The van der Waals surface area contributed by atoms with Crippen LogP contribution < -0.4 is 0 Å². The fraction of sp³-hybridized carbons (Fsp3) is 0.643. The van der Waals surface area contributed by atoms with Crippen LogP contribution in [0.2, 0.25) is 0 Å². The summed E-state index contributed by atoms with van der Waals surface area (Å²) in [7, 11) is 0. The van der Waals surface area contributed by atoms with Gasteiger partial charge in [-0.15, -0.1) is 0 Å². The van der Waals surface area contributed by atoms with E-state index in [4.69, 9.17) is 10.5 Å². The molecule has 0 aromatic carbocycles. The first kappa shape index (κ1) is 15.9. The molecule has 1 atom stereocenters. The quantitative estimate of drug-likeness (QED) is 0.657. The van der Waals surface area contributed by atoms with Crippen LogP contribution in [0, 0.1) is 22.7 Å². The Kier molecular flexibility index (Phi) is 5.87. The number of aromatic nitrogens is 3. The molecule has 1 aliphatic heterocycles. The van der Waals surface area contributed by atoms with Gasteiger partial charge in [0, 0.05) is 19.0 Å². The van der Waals surface area contributed by atoms with Crippen LogP contribution in [0.5, 0.6) is 0 Å². The van der Waals surface area contributed by atoms with Crippen LogP contribution in [0.3, 0.4) is 0 Å². The smallest absolute Gasteiger partial charge is 0.225 e. The number of hydrogen-bond acceptors (Lipinski definition) is 6. The van der Waals surface area contributed by atoms with Crippen molar-refractivity contribution in [2.45, 2.75) is 31.8 Å². The first-order valence-electron chi connectivity index (χ1n) is 7.32. The lowest BCUT2D eigenvalue weighted by Crippen LogP contribution is -2.38. The third-order valence-corrected chi connectivity index (χ3v) is 3.85. The molecule has 1 aromatic rings. The van der Waals surface area contributed by atoms with E-state index in [0.717, 1.165) is 25.9 Å². The van der Waals surface area contributed by atoms with Crippen LogP contribution in [0.1, 0.15) is 19.3 Å². The summed E-state index contributed by atoms with van der Waals surface area (Å²) in [5, 5.41) is 21.5. The molecule has 1 amide bonds. The van der Waals surface area contributed by atoms with Crippen LogP contribution in [0.4, 0.5) is 0 Å². The summed E-state index contributed by atoms with van der Waals surface area (Å²) in [6.07, 6.45) is 5.73. The van der Waals surface area contributed by atoms with Gasteiger partial charge in [-0.2, -0.15) is 15.6 Å². The first-order chi connectivity index (χ1) is 10.7. The summed E-state index contributed by atoms with van der Waals surface area (Å²) in [4.78, 5) is 19.6. The molecule has 0 unspecified atom stereocenters. The molecule has 2 heterocycles. The Balaban J connectivity index is 1.83. The zero-order chi connectivity index (χ0) is 15.8. The van der Waals surface area contributed by atoms with Crippen molar-refractivity contribution in [1.29, 1.82) is 10.5 Å². The molecule has 1 fully saturated rings. The van der Waals surface area contributed by atoms with E-state index < -0.39 is 0 Å². The molecule has 0 aliphatic carbocycles. The van der Waals surface area contributed by atoms with Gasteiger partial charge in [-0.25, -0.2) is 4.98 Å². The lowest BCUT2D eigenvalue weighted by atomic mass is 10.2. The molecule has 1 aliphatic rings. The van der Waals surface area contributed by atoms with Crippen LogP contribution in [0.25, 0.3) is 0 Å². The number of likely N-dealkylation sites (tertiary alicyclic amines) is 1. The minimum absolute atomic E-state index is 0.0330. The molecule has 22 heavy (non-hydrogen) atoms. The maximum atomic E-state index is 12.1. The average Bonchev–Trinajstić information content (AvgIpc) is 3.17. The normalized spacial score (nSPS) is 17.8. The zero-order valence-corrected chi connectivity index (χ0v) is 12.4. The van der Waals surface area contributed by atoms with Gasteiger partial charge in [-0.05, 0) is 19.4 Å². The van der Waals surface area contributed by atoms with Crippen LogP contribution >= 0.6 is 0 Å². The number of hydrogen-bond donors (Lipinski definition) is 0. The molecule has 0 spiro atoms. The second-order valence-electron chi connectivity index (χ2n) is 5.27. The predicted octanol–water partition coefficient (Wildman–Crippen LogP) is 0.00836. The molecule has 0 N–H and O–H groups in total. The van der Waals surface area contributed by atoms with Crippen LogP contribution in [-0.2, 0) is 11.3 Å². The van der Waals surface area contributed by atoms with Gasteiger partial charge in [0.2, 0.25) is 5.91 Å². The van der Waals surface area contributed by atoms with Gasteiger partial charge in [0.15, 0.2) is 0 Å². The summed E-state index contributed by atoms with van der Waals surface area (Å²) in [5.74, 6) is -0.144. The van der Waals surface area contributed by atoms with E-state index >= 15 is 0 Å². The molecule has 1 saturated heterocycles. The van der Waals surface area contributed by atoms with Crippen molar-refractivity contribution < 1.29 is 4.79 Å². The first-order valence-corrected chi connectivity index (χ1v) is 7.32. The Morgan fingerprint density at radius 3 is 2.77 bits per heavy atom. The topological polar surface area (TPSA) is 102 Å². The Morgan fingerprint density at radius 1 is 1.36 bits per heavy atom. The zero-order valence-electron chi connectivity index (χ0n) is 12.4. The van der Waals surface area contributed by atoms with Crippen molar-refractivity contribution in [3.63, 3.8) is 0 Å². The van der Waals surface area contributed by atoms with Gasteiger partial charge in [0.25, 0.3) is 0 Å². The van der Waals surface area contributed by atoms with Crippen molar-refractivity contribution >= 4 is 5.91 Å². The van der Waals surface area contributed by atoms with Crippen molar-refractivity contribution in [3.8, 4) is 12.1 Å². The van der Waals surface area contributed by atoms with Crippen LogP contribution in [-0.4, -0.2) is 62.7 Å². The maximum Gasteiger partial charge on any atom is 0.225 e. The van der Waals surface area contributed by atoms with Crippen molar-refractivity contribution in [1.82, 2.24) is 24.6 Å². The minimum Gasteiger partial charge on any atom is -0.316 e. The van der Waals surface area contributed by atoms with Crippen molar-refractivity contribution in [2.24, 2.45) is 0 Å². The standard InChI is InChI=1S/C14H19N7O/c15-4-8-20(9-5-16)14(22)3-7-19-6-1-2-13(19)10-21-12-17-11-18-21/h11-13H,1-3,6-10H2/t13-/m0/s1. The van der Waals surface area contributed by atoms with E-state index in [1.165, 1.54) is 11.2 Å². The Bertz CT molecular complexity index is 541. The molecular weight excluding hydrogens is 282 g/mol. The highest BCUT2D eigenvalue weighted by Crippen LogP contribution is 2.18. The van der Waals surface area contributed by atoms with E-state index in [1.54, 1.807) is 6.33 Å². The minimum atomic E-state index is -0.144. The van der Waals surface area contributed by atoms with Gasteiger partial charge >= 0.3 is 0 Å². The molecule has 1 aromatic heterocycles. The predicted molar refractivity (Wildman–Crippen MR) is 77.0 cm³/mol. The highest BCUT2D eigenvalue weighted by atomic mass is 16.2. The molecule has 8 heteroatoms. The number of nitrogens with zero attached hydrogens (tertiary/aromatic N) is 7. The summed E-state index contributed by atoms with van der Waals surface area (Å²) in [5.41, 5.74) is 0. The van der Waals surface area contributed by atoms with Crippen molar-refractivity contribution in [3.05, 3.63) is 12.7 Å². The summed E-state index contributed by atoms with van der Waals surface area (Å²) >= 11 is 0. The number of nitriles is 2. The maximum absolute atomic E-state index is 12.1. The Morgan fingerprint density at radius 2 is 2.14 bits per heavy atom. The van der Waals surface area contributed by atoms with E-state index in [9.17, 15) is 4.79 Å². The van der Waals surface area contributed by atoms with E-state index in [-0.39, 0.29) is 19.0 Å². The number of amides is 1.